The van der Waals surface area contributed by atoms with Gasteiger partial charge in [0, 0.05) is 4.88 Å². The molecule has 0 atom stereocenters. The van der Waals surface area contributed by atoms with Crippen LogP contribution in [0.4, 0.5) is 0 Å². The molecule has 1 N–H and O–H groups in total. The summed E-state index contributed by atoms with van der Waals surface area (Å²) in [6.45, 7) is 3.49. The molecule has 0 unspecified atom stereocenters. The molecule has 0 bridgehead atoms. The lowest BCUT2D eigenvalue weighted by molar-refractivity contribution is 1.01. The molecule has 2 heterocycles. The molecule has 0 amide bonds. The van der Waals surface area contributed by atoms with Gasteiger partial charge in [-0.1, -0.05) is 11.6 Å². The zero-order chi connectivity index (χ0) is 14.0. The molecule has 4 nitrogen and oxygen atoms in total. The predicted octanol–water partition coefficient (Wildman–Crippen LogP) is 3.23. The highest BCUT2D eigenvalue weighted by atomic mass is 35.5. The van der Waals surface area contributed by atoms with Crippen LogP contribution in [0.1, 0.15) is 28.9 Å². The van der Waals surface area contributed by atoms with Crippen LogP contribution in [0.15, 0.2) is 16.9 Å². The topological polar surface area (TPSA) is 69.5 Å². The van der Waals surface area contributed by atoms with E-state index in [-0.39, 0.29) is 5.56 Å². The van der Waals surface area contributed by atoms with Gasteiger partial charge in [-0.15, -0.1) is 11.3 Å². The van der Waals surface area contributed by atoms with E-state index in [0.717, 1.165) is 10.5 Å². The van der Waals surface area contributed by atoms with Gasteiger partial charge in [0.25, 0.3) is 5.56 Å². The number of H-pyrrole nitrogens is 1. The van der Waals surface area contributed by atoms with Gasteiger partial charge in [0.1, 0.15) is 17.5 Å². The minimum Gasteiger partial charge on any atom is -0.306 e. The van der Waals surface area contributed by atoms with E-state index < -0.39 is 5.56 Å². The first kappa shape index (κ1) is 13.5. The number of halogens is 1. The van der Waals surface area contributed by atoms with Gasteiger partial charge in [-0.3, -0.25) is 4.79 Å². The standard InChI is InChI=1S/C13H10ClN3OS/c1-7(5-9-3-4-11(14)19-9)12-16-8(2)10(6-15)13(18)17-12/h3-5H,1-2H3,(H,16,17,18). The summed E-state index contributed by atoms with van der Waals surface area (Å²) in [5.41, 5.74) is 0.874. The van der Waals surface area contributed by atoms with Crippen LogP contribution >= 0.6 is 22.9 Å². The molecule has 0 fully saturated rings. The lowest BCUT2D eigenvalue weighted by Gasteiger charge is -2.02. The van der Waals surface area contributed by atoms with Gasteiger partial charge in [0.15, 0.2) is 0 Å². The molecular weight excluding hydrogens is 282 g/mol. The van der Waals surface area contributed by atoms with E-state index in [0.29, 0.717) is 15.9 Å². The fourth-order valence-electron chi connectivity index (χ4n) is 1.59. The molecule has 0 saturated carbocycles. The first-order valence-electron chi connectivity index (χ1n) is 5.46. The smallest absolute Gasteiger partial charge is 0.269 e. The van der Waals surface area contributed by atoms with Gasteiger partial charge in [-0.2, -0.15) is 5.26 Å². The minimum atomic E-state index is -0.415. The Morgan fingerprint density at radius 3 is 2.84 bits per heavy atom. The summed E-state index contributed by atoms with van der Waals surface area (Å²) in [5, 5.41) is 8.83. The molecule has 0 radical (unpaired) electrons. The summed E-state index contributed by atoms with van der Waals surface area (Å²) in [6, 6.07) is 5.55. The van der Waals surface area contributed by atoms with Crippen LogP contribution in [-0.2, 0) is 0 Å². The van der Waals surface area contributed by atoms with Crippen LogP contribution in [0.5, 0.6) is 0 Å². The van der Waals surface area contributed by atoms with Crippen molar-refractivity contribution in [3.8, 4) is 6.07 Å². The highest BCUT2D eigenvalue weighted by Crippen LogP contribution is 2.25. The monoisotopic (exact) mass is 291 g/mol. The quantitative estimate of drug-likeness (QED) is 0.923. The third kappa shape index (κ3) is 2.92. The number of hydrogen-bond donors (Lipinski definition) is 1. The predicted molar refractivity (Wildman–Crippen MR) is 77.2 cm³/mol. The molecule has 2 aromatic rings. The number of rotatable bonds is 2. The number of thiophene rings is 1. The van der Waals surface area contributed by atoms with Crippen LogP contribution in [-0.4, -0.2) is 9.97 Å². The van der Waals surface area contributed by atoms with Crippen molar-refractivity contribution >= 4 is 34.6 Å². The van der Waals surface area contributed by atoms with Crippen molar-refractivity contribution in [2.24, 2.45) is 0 Å². The maximum Gasteiger partial charge on any atom is 0.269 e. The molecule has 19 heavy (non-hydrogen) atoms. The van der Waals surface area contributed by atoms with E-state index in [1.165, 1.54) is 11.3 Å². The molecule has 2 aromatic heterocycles. The molecule has 0 spiro atoms. The van der Waals surface area contributed by atoms with Crippen molar-refractivity contribution in [2.45, 2.75) is 13.8 Å². The third-order valence-electron chi connectivity index (χ3n) is 2.54. The van der Waals surface area contributed by atoms with Crippen molar-refractivity contribution < 1.29 is 0 Å². The van der Waals surface area contributed by atoms with Crippen LogP contribution in [0, 0.1) is 18.3 Å². The second kappa shape index (κ2) is 5.39. The van der Waals surface area contributed by atoms with Crippen LogP contribution in [0.3, 0.4) is 0 Å². The Kier molecular flexibility index (Phi) is 3.84. The van der Waals surface area contributed by atoms with Crippen molar-refractivity contribution in [2.75, 3.05) is 0 Å². The maximum absolute atomic E-state index is 11.7. The fraction of sp³-hybridized carbons (Fsp3) is 0.154. The minimum absolute atomic E-state index is 0.0516. The summed E-state index contributed by atoms with van der Waals surface area (Å²) < 4.78 is 0.705. The van der Waals surface area contributed by atoms with E-state index in [2.05, 4.69) is 9.97 Å². The Labute approximate surface area is 119 Å². The summed E-state index contributed by atoms with van der Waals surface area (Å²) >= 11 is 7.30. The zero-order valence-corrected chi connectivity index (χ0v) is 11.9. The number of aromatic nitrogens is 2. The number of nitrogens with one attached hydrogen (secondary N) is 1. The molecule has 0 aliphatic rings. The maximum atomic E-state index is 11.7. The average molecular weight is 292 g/mol. The summed E-state index contributed by atoms with van der Waals surface area (Å²) in [4.78, 5) is 19.5. The Hall–Kier alpha value is -1.90. The number of allylic oxidation sites excluding steroid dienone is 1. The molecule has 0 saturated heterocycles. The van der Waals surface area contributed by atoms with Crippen molar-refractivity contribution in [3.63, 3.8) is 0 Å². The van der Waals surface area contributed by atoms with Crippen LogP contribution in [0.2, 0.25) is 4.34 Å². The van der Waals surface area contributed by atoms with E-state index in [9.17, 15) is 4.79 Å². The largest absolute Gasteiger partial charge is 0.306 e. The molecule has 0 aliphatic carbocycles. The lowest BCUT2D eigenvalue weighted by Crippen LogP contribution is -2.16. The summed E-state index contributed by atoms with van der Waals surface area (Å²) in [5.74, 6) is 0.464. The van der Waals surface area contributed by atoms with Crippen molar-refractivity contribution in [3.05, 3.63) is 48.8 Å². The Morgan fingerprint density at radius 1 is 1.58 bits per heavy atom. The average Bonchev–Trinajstić information content (AvgIpc) is 2.74. The fourth-order valence-corrected chi connectivity index (χ4v) is 2.66. The summed E-state index contributed by atoms with van der Waals surface area (Å²) in [6.07, 6.45) is 1.89. The van der Waals surface area contributed by atoms with Crippen LogP contribution < -0.4 is 5.56 Å². The van der Waals surface area contributed by atoms with E-state index in [4.69, 9.17) is 16.9 Å². The number of aromatic amines is 1. The van der Waals surface area contributed by atoms with Gasteiger partial charge in [0.2, 0.25) is 0 Å². The van der Waals surface area contributed by atoms with Gasteiger partial charge in [0.05, 0.1) is 10.0 Å². The number of nitrogens with zero attached hydrogens (tertiary/aromatic N) is 2. The Morgan fingerprint density at radius 2 is 2.32 bits per heavy atom. The third-order valence-corrected chi connectivity index (χ3v) is 3.72. The van der Waals surface area contributed by atoms with Gasteiger partial charge < -0.3 is 4.98 Å². The van der Waals surface area contributed by atoms with Gasteiger partial charge >= 0.3 is 0 Å². The van der Waals surface area contributed by atoms with Crippen molar-refractivity contribution in [1.82, 2.24) is 9.97 Å². The number of aryl methyl sites for hydroxylation is 1. The highest BCUT2D eigenvalue weighted by Gasteiger charge is 2.08. The second-order valence-electron chi connectivity index (χ2n) is 3.96. The Balaban J connectivity index is 2.46. The molecular formula is C13H10ClN3OS. The molecule has 0 aromatic carbocycles. The first-order chi connectivity index (χ1) is 9.01. The zero-order valence-electron chi connectivity index (χ0n) is 10.3. The second-order valence-corrected chi connectivity index (χ2v) is 5.70. The highest BCUT2D eigenvalue weighted by molar-refractivity contribution is 7.17. The molecule has 6 heteroatoms. The number of nitriles is 1. The van der Waals surface area contributed by atoms with Crippen LogP contribution in [0.25, 0.3) is 11.6 Å². The first-order valence-corrected chi connectivity index (χ1v) is 6.65. The SMILES string of the molecule is CC(=Cc1ccc(Cl)s1)c1nc(C)c(C#N)c(=O)[nH]1. The van der Waals surface area contributed by atoms with E-state index in [1.807, 2.05) is 31.2 Å². The molecule has 2 rings (SSSR count). The van der Waals surface area contributed by atoms with Gasteiger partial charge in [-0.05, 0) is 37.6 Å². The van der Waals surface area contributed by atoms with Gasteiger partial charge in [-0.25, -0.2) is 4.98 Å². The lowest BCUT2D eigenvalue weighted by atomic mass is 10.2. The molecule has 0 aliphatic heterocycles. The molecule has 96 valence electrons. The Bertz CT molecular complexity index is 752. The summed E-state index contributed by atoms with van der Waals surface area (Å²) in [7, 11) is 0. The number of hydrogen-bond acceptors (Lipinski definition) is 4. The van der Waals surface area contributed by atoms with E-state index >= 15 is 0 Å². The van der Waals surface area contributed by atoms with Crippen molar-refractivity contribution in [1.29, 1.82) is 5.26 Å². The van der Waals surface area contributed by atoms with E-state index in [1.54, 1.807) is 6.92 Å². The normalized spacial score (nSPS) is 11.4.